The van der Waals surface area contributed by atoms with E-state index in [-0.39, 0.29) is 4.83 Å². The molecule has 90 valence electrons. The van der Waals surface area contributed by atoms with E-state index >= 15 is 0 Å². The lowest BCUT2D eigenvalue weighted by Gasteiger charge is -2.10. The average Bonchev–Trinajstić information content (AvgIpc) is 2.62. The van der Waals surface area contributed by atoms with Crippen LogP contribution in [0.2, 0.25) is 9.36 Å². The van der Waals surface area contributed by atoms with E-state index in [9.17, 15) is 0 Å². The van der Waals surface area contributed by atoms with Gasteiger partial charge in [-0.1, -0.05) is 55.1 Å². The summed E-state index contributed by atoms with van der Waals surface area (Å²) >= 11 is 24.3. The van der Waals surface area contributed by atoms with Gasteiger partial charge in [0, 0.05) is 18.8 Å². The predicted molar refractivity (Wildman–Crippen MR) is 87.0 cm³/mol. The third kappa shape index (κ3) is 3.28. The van der Waals surface area contributed by atoms with Gasteiger partial charge in [0.1, 0.15) is 4.34 Å². The van der Waals surface area contributed by atoms with Gasteiger partial charge in [-0.2, -0.15) is 0 Å². The monoisotopic (exact) mass is 476 g/mol. The first kappa shape index (κ1) is 14.4. The van der Waals surface area contributed by atoms with E-state index in [1.165, 1.54) is 11.3 Å². The van der Waals surface area contributed by atoms with E-state index in [4.69, 9.17) is 23.2 Å². The van der Waals surface area contributed by atoms with Crippen LogP contribution < -0.4 is 0 Å². The highest BCUT2D eigenvalue weighted by Gasteiger charge is 2.17. The summed E-state index contributed by atoms with van der Waals surface area (Å²) in [5.41, 5.74) is 1.02. The van der Waals surface area contributed by atoms with Gasteiger partial charge in [0.2, 0.25) is 0 Å². The number of halogens is 5. The molecular weight excluding hydrogens is 475 g/mol. The first-order valence-corrected chi connectivity index (χ1v) is 8.60. The number of thiophene rings is 1. The molecule has 2 rings (SSSR count). The molecule has 0 nitrogen and oxygen atoms in total. The van der Waals surface area contributed by atoms with Crippen molar-refractivity contribution in [1.82, 2.24) is 0 Å². The second-order valence-electron chi connectivity index (χ2n) is 3.30. The van der Waals surface area contributed by atoms with Gasteiger partial charge in [0.25, 0.3) is 0 Å². The minimum Gasteiger partial charge on any atom is -0.126 e. The fourth-order valence-corrected chi connectivity index (χ4v) is 4.61. The SMILES string of the molecule is Clc1ccc(Br)cc1C(Br)c1cc(Br)c(Cl)s1. The highest BCUT2D eigenvalue weighted by Crippen LogP contribution is 2.43. The van der Waals surface area contributed by atoms with Gasteiger partial charge in [-0.25, -0.2) is 0 Å². The molecule has 2 aromatic rings. The van der Waals surface area contributed by atoms with Crippen molar-refractivity contribution < 1.29 is 0 Å². The van der Waals surface area contributed by atoms with Crippen LogP contribution >= 0.6 is 82.3 Å². The summed E-state index contributed by atoms with van der Waals surface area (Å²) in [5, 5.41) is 0.732. The van der Waals surface area contributed by atoms with Crippen LogP contribution in [0.15, 0.2) is 33.2 Å². The van der Waals surface area contributed by atoms with Gasteiger partial charge in [-0.15, -0.1) is 11.3 Å². The zero-order valence-corrected chi connectivity index (χ0v) is 15.3. The number of hydrogen-bond donors (Lipinski definition) is 0. The van der Waals surface area contributed by atoms with Crippen LogP contribution in [0.3, 0.4) is 0 Å². The molecule has 0 aliphatic carbocycles. The van der Waals surface area contributed by atoms with Crippen LogP contribution in [0.25, 0.3) is 0 Å². The summed E-state index contributed by atoms with van der Waals surface area (Å²) in [5.74, 6) is 0. The first-order valence-electron chi connectivity index (χ1n) is 4.53. The molecule has 0 saturated carbocycles. The molecule has 0 amide bonds. The predicted octanol–water partition coefficient (Wildman–Crippen LogP) is 7.06. The fraction of sp³-hybridized carbons (Fsp3) is 0.0909. The Kier molecular flexibility index (Phi) is 5.01. The van der Waals surface area contributed by atoms with E-state index in [1.54, 1.807) is 0 Å². The van der Waals surface area contributed by atoms with Crippen LogP contribution in [-0.2, 0) is 0 Å². The summed E-state index contributed by atoms with van der Waals surface area (Å²) in [7, 11) is 0. The zero-order valence-electron chi connectivity index (χ0n) is 8.18. The van der Waals surface area contributed by atoms with E-state index < -0.39 is 0 Å². The normalized spacial score (nSPS) is 12.8. The molecule has 0 N–H and O–H groups in total. The molecule has 17 heavy (non-hydrogen) atoms. The highest BCUT2D eigenvalue weighted by atomic mass is 79.9. The van der Waals surface area contributed by atoms with Gasteiger partial charge in [0.15, 0.2) is 0 Å². The number of alkyl halides is 1. The van der Waals surface area contributed by atoms with Crippen molar-refractivity contribution >= 4 is 82.3 Å². The zero-order chi connectivity index (χ0) is 12.6. The Morgan fingerprint density at radius 1 is 1.12 bits per heavy atom. The molecule has 0 radical (unpaired) electrons. The van der Waals surface area contributed by atoms with Gasteiger partial charge < -0.3 is 0 Å². The van der Waals surface area contributed by atoms with Gasteiger partial charge in [-0.3, -0.25) is 0 Å². The molecule has 0 fully saturated rings. The van der Waals surface area contributed by atoms with Crippen molar-refractivity contribution in [2.75, 3.05) is 0 Å². The van der Waals surface area contributed by atoms with E-state index in [0.717, 1.165) is 28.7 Å². The van der Waals surface area contributed by atoms with Crippen molar-refractivity contribution in [3.63, 3.8) is 0 Å². The number of benzene rings is 1. The van der Waals surface area contributed by atoms with Gasteiger partial charge >= 0.3 is 0 Å². The lowest BCUT2D eigenvalue weighted by atomic mass is 10.1. The van der Waals surface area contributed by atoms with Gasteiger partial charge in [0.05, 0.1) is 4.83 Å². The third-order valence-corrected chi connectivity index (χ3v) is 6.81. The minimum absolute atomic E-state index is 0.0429. The summed E-state index contributed by atoms with van der Waals surface area (Å²) in [6.45, 7) is 0. The summed E-state index contributed by atoms with van der Waals surface area (Å²) in [4.78, 5) is 1.16. The average molecular weight is 480 g/mol. The molecule has 1 aromatic carbocycles. The molecule has 1 heterocycles. The Morgan fingerprint density at radius 2 is 1.82 bits per heavy atom. The first-order chi connectivity index (χ1) is 7.99. The molecule has 0 bridgehead atoms. The quantitative estimate of drug-likeness (QED) is 0.404. The number of hydrogen-bond acceptors (Lipinski definition) is 1. The Balaban J connectivity index is 2.42. The van der Waals surface area contributed by atoms with Crippen LogP contribution in [0.5, 0.6) is 0 Å². The topological polar surface area (TPSA) is 0 Å². The van der Waals surface area contributed by atoms with Crippen molar-refractivity contribution in [1.29, 1.82) is 0 Å². The maximum atomic E-state index is 6.20. The highest BCUT2D eigenvalue weighted by molar-refractivity contribution is 9.11. The molecule has 1 unspecified atom stereocenters. The summed E-state index contributed by atoms with van der Waals surface area (Å²) in [6, 6.07) is 7.80. The lowest BCUT2D eigenvalue weighted by molar-refractivity contribution is 1.22. The van der Waals surface area contributed by atoms with Crippen LogP contribution in [0, 0.1) is 0 Å². The molecule has 0 spiro atoms. The largest absolute Gasteiger partial charge is 0.126 e. The second kappa shape index (κ2) is 5.93. The third-order valence-electron chi connectivity index (χ3n) is 2.15. The molecule has 1 atom stereocenters. The maximum absolute atomic E-state index is 6.20. The van der Waals surface area contributed by atoms with E-state index in [0.29, 0.717) is 0 Å². The molecular formula is C11H5Br3Cl2S. The van der Waals surface area contributed by atoms with Crippen LogP contribution in [-0.4, -0.2) is 0 Å². The van der Waals surface area contributed by atoms with Crippen LogP contribution in [0.1, 0.15) is 15.3 Å². The smallest absolute Gasteiger partial charge is 0.107 e. The Hall–Kier alpha value is 0.940. The van der Waals surface area contributed by atoms with Crippen molar-refractivity contribution in [3.05, 3.63) is 53.0 Å². The molecule has 0 aliphatic heterocycles. The van der Waals surface area contributed by atoms with Crippen molar-refractivity contribution in [2.45, 2.75) is 4.83 Å². The Bertz CT molecular complexity index is 534. The minimum atomic E-state index is 0.0429. The molecule has 0 saturated heterocycles. The van der Waals surface area contributed by atoms with Gasteiger partial charge in [-0.05, 0) is 45.8 Å². The standard InChI is InChI=1S/C11H5Br3Cl2S/c12-5-1-2-8(15)6(3-5)10(14)9-4-7(13)11(16)17-9/h1-4,10H. The maximum Gasteiger partial charge on any atom is 0.107 e. The summed E-state index contributed by atoms with van der Waals surface area (Å²) < 4.78 is 2.66. The Morgan fingerprint density at radius 3 is 2.41 bits per heavy atom. The van der Waals surface area contributed by atoms with Crippen molar-refractivity contribution in [3.8, 4) is 0 Å². The number of rotatable bonds is 2. The molecule has 6 heteroatoms. The molecule has 1 aromatic heterocycles. The van der Waals surface area contributed by atoms with Crippen molar-refractivity contribution in [2.24, 2.45) is 0 Å². The second-order valence-corrected chi connectivity index (χ2v) is 8.08. The lowest BCUT2D eigenvalue weighted by Crippen LogP contribution is -1.90. The van der Waals surface area contributed by atoms with E-state index in [2.05, 4.69) is 47.8 Å². The molecule has 0 aliphatic rings. The fourth-order valence-electron chi connectivity index (χ4n) is 1.35. The summed E-state index contributed by atoms with van der Waals surface area (Å²) in [6.07, 6.45) is 0. The Labute approximate surface area is 139 Å². The van der Waals surface area contributed by atoms with Crippen LogP contribution in [0.4, 0.5) is 0 Å². The van der Waals surface area contributed by atoms with E-state index in [1.807, 2.05) is 24.3 Å².